The molecule has 0 amide bonds. The second kappa shape index (κ2) is 7.76. The molecule has 138 valence electrons. The summed E-state index contributed by atoms with van der Waals surface area (Å²) in [6.07, 6.45) is 5.59. The highest BCUT2D eigenvalue weighted by Crippen LogP contribution is 2.43. The van der Waals surface area contributed by atoms with Gasteiger partial charge in [-0.2, -0.15) is 10.1 Å². The molecule has 3 heterocycles. The van der Waals surface area contributed by atoms with E-state index in [2.05, 4.69) is 31.3 Å². The van der Waals surface area contributed by atoms with Crippen molar-refractivity contribution in [3.63, 3.8) is 0 Å². The Hall–Kier alpha value is -1.57. The lowest BCUT2D eigenvalue weighted by molar-refractivity contribution is 0.616. The number of nitrogen functional groups attached to an aromatic ring is 1. The van der Waals surface area contributed by atoms with Crippen molar-refractivity contribution >= 4 is 36.6 Å². The molecule has 2 fully saturated rings. The van der Waals surface area contributed by atoms with Gasteiger partial charge in [0.2, 0.25) is 5.95 Å². The lowest BCUT2D eigenvalue weighted by atomic mass is 10.1. The number of halogens is 2. The van der Waals surface area contributed by atoms with Crippen molar-refractivity contribution < 1.29 is 0 Å². The fraction of sp³-hybridized carbons (Fsp3) is 0.562. The van der Waals surface area contributed by atoms with Gasteiger partial charge in [0, 0.05) is 49.9 Å². The number of nitrogens with one attached hydrogen (secondary N) is 1. The highest BCUT2D eigenvalue weighted by atomic mass is 35.5. The number of aryl methyl sites for hydroxylation is 1. The molecule has 9 heteroatoms. The van der Waals surface area contributed by atoms with Gasteiger partial charge in [0.05, 0.1) is 11.4 Å². The van der Waals surface area contributed by atoms with Gasteiger partial charge in [-0.15, -0.1) is 24.8 Å². The van der Waals surface area contributed by atoms with E-state index < -0.39 is 0 Å². The maximum Gasteiger partial charge on any atom is 0.222 e. The first kappa shape index (κ1) is 19.8. The molecule has 0 spiro atoms. The van der Waals surface area contributed by atoms with Crippen molar-refractivity contribution in [3.8, 4) is 11.3 Å². The predicted octanol–water partition coefficient (Wildman–Crippen LogP) is 1.98. The van der Waals surface area contributed by atoms with Crippen molar-refractivity contribution in [3.05, 3.63) is 18.0 Å². The minimum absolute atomic E-state index is 0. The number of likely N-dealkylation sites (N-methyl/N-ethyl adjacent to an activating group) is 1. The van der Waals surface area contributed by atoms with E-state index in [1.165, 1.54) is 12.8 Å². The van der Waals surface area contributed by atoms with E-state index in [-0.39, 0.29) is 24.8 Å². The Bertz CT molecular complexity index is 729. The molecule has 1 atom stereocenters. The first-order valence-electron chi connectivity index (χ1n) is 8.24. The van der Waals surface area contributed by atoms with E-state index in [1.807, 2.05) is 25.0 Å². The van der Waals surface area contributed by atoms with E-state index >= 15 is 0 Å². The average molecular weight is 386 g/mol. The van der Waals surface area contributed by atoms with Crippen LogP contribution in [-0.4, -0.2) is 45.9 Å². The lowest BCUT2D eigenvalue weighted by Gasteiger charge is -2.18. The predicted molar refractivity (Wildman–Crippen MR) is 105 cm³/mol. The second-order valence-corrected chi connectivity index (χ2v) is 6.57. The van der Waals surface area contributed by atoms with E-state index in [9.17, 15) is 0 Å². The van der Waals surface area contributed by atoms with Crippen molar-refractivity contribution in [2.45, 2.75) is 31.2 Å². The van der Waals surface area contributed by atoms with Crippen LogP contribution in [0.3, 0.4) is 0 Å². The molecule has 25 heavy (non-hydrogen) atoms. The molecular formula is C16H25Cl2N7. The Labute approximate surface area is 160 Å². The van der Waals surface area contributed by atoms with Crippen LogP contribution in [0.1, 0.15) is 30.9 Å². The quantitative estimate of drug-likeness (QED) is 0.836. The van der Waals surface area contributed by atoms with E-state index in [1.54, 1.807) is 0 Å². The van der Waals surface area contributed by atoms with Gasteiger partial charge >= 0.3 is 0 Å². The molecule has 2 aromatic heterocycles. The van der Waals surface area contributed by atoms with Gasteiger partial charge in [0.25, 0.3) is 0 Å². The molecule has 3 N–H and O–H groups in total. The Morgan fingerprint density at radius 3 is 2.60 bits per heavy atom. The normalized spacial score (nSPS) is 19.4. The first-order chi connectivity index (χ1) is 11.1. The molecule has 1 saturated heterocycles. The summed E-state index contributed by atoms with van der Waals surface area (Å²) in [5, 5.41) is 7.95. The first-order valence-corrected chi connectivity index (χ1v) is 8.24. The van der Waals surface area contributed by atoms with Crippen molar-refractivity contribution in [1.29, 1.82) is 0 Å². The van der Waals surface area contributed by atoms with Crippen molar-refractivity contribution in [1.82, 2.24) is 25.1 Å². The number of anilines is 2. The maximum atomic E-state index is 5.99. The summed E-state index contributed by atoms with van der Waals surface area (Å²) in [5.74, 6) is 1.82. The number of rotatable bonds is 4. The van der Waals surface area contributed by atoms with E-state index in [0.717, 1.165) is 42.3 Å². The molecule has 1 aliphatic heterocycles. The van der Waals surface area contributed by atoms with Gasteiger partial charge < -0.3 is 16.0 Å². The highest BCUT2D eigenvalue weighted by Gasteiger charge is 2.30. The fourth-order valence-electron chi connectivity index (χ4n) is 3.32. The molecule has 0 aromatic carbocycles. The third kappa shape index (κ3) is 3.99. The summed E-state index contributed by atoms with van der Waals surface area (Å²) < 4.78 is 1.87. The number of nitrogens with two attached hydrogens (primary N) is 1. The summed E-state index contributed by atoms with van der Waals surface area (Å²) in [4.78, 5) is 11.2. The third-order valence-electron chi connectivity index (χ3n) is 4.75. The van der Waals surface area contributed by atoms with Crippen LogP contribution in [0.5, 0.6) is 0 Å². The van der Waals surface area contributed by atoms with E-state index in [0.29, 0.717) is 17.9 Å². The Morgan fingerprint density at radius 2 is 1.96 bits per heavy atom. The topological polar surface area (TPSA) is 84.9 Å². The van der Waals surface area contributed by atoms with Crippen LogP contribution in [0.15, 0.2) is 12.3 Å². The summed E-state index contributed by atoms with van der Waals surface area (Å²) in [5.41, 5.74) is 9.11. The molecule has 2 aromatic rings. The monoisotopic (exact) mass is 385 g/mol. The van der Waals surface area contributed by atoms with E-state index in [4.69, 9.17) is 5.73 Å². The molecule has 7 nitrogen and oxygen atoms in total. The molecule has 1 aliphatic carbocycles. The van der Waals surface area contributed by atoms with Crippen LogP contribution in [0, 0.1) is 0 Å². The zero-order valence-electron chi connectivity index (χ0n) is 14.5. The summed E-state index contributed by atoms with van der Waals surface area (Å²) >= 11 is 0. The smallest absolute Gasteiger partial charge is 0.222 e. The highest BCUT2D eigenvalue weighted by molar-refractivity contribution is 5.85. The zero-order valence-corrected chi connectivity index (χ0v) is 16.1. The average Bonchev–Trinajstić information content (AvgIpc) is 3.13. The Kier molecular flexibility index (Phi) is 6.13. The van der Waals surface area contributed by atoms with Gasteiger partial charge in [0.15, 0.2) is 0 Å². The lowest BCUT2D eigenvalue weighted by Crippen LogP contribution is -2.30. The zero-order chi connectivity index (χ0) is 16.0. The number of nitrogens with zero attached hydrogens (tertiary/aromatic N) is 5. The van der Waals surface area contributed by atoms with Crippen molar-refractivity contribution in [2.24, 2.45) is 7.05 Å². The molecule has 4 rings (SSSR count). The Balaban J connectivity index is 0.00000113. The number of hydrogen-bond acceptors (Lipinski definition) is 6. The van der Waals surface area contributed by atoms with Crippen LogP contribution >= 0.6 is 24.8 Å². The molecule has 0 unspecified atom stereocenters. The van der Waals surface area contributed by atoms with Crippen LogP contribution in [0.25, 0.3) is 11.3 Å². The molecule has 1 saturated carbocycles. The summed E-state index contributed by atoms with van der Waals surface area (Å²) in [7, 11) is 3.96. The molecular weight excluding hydrogens is 361 g/mol. The third-order valence-corrected chi connectivity index (χ3v) is 4.75. The van der Waals surface area contributed by atoms with Gasteiger partial charge in [-0.25, -0.2) is 4.98 Å². The summed E-state index contributed by atoms with van der Waals surface area (Å²) in [6.45, 7) is 1.94. The largest absolute Gasteiger partial charge is 0.368 e. The van der Waals surface area contributed by atoms with Crippen LogP contribution in [0.2, 0.25) is 0 Å². The second-order valence-electron chi connectivity index (χ2n) is 6.57. The molecule has 0 radical (unpaired) electrons. The minimum Gasteiger partial charge on any atom is -0.368 e. The Morgan fingerprint density at radius 1 is 1.20 bits per heavy atom. The summed E-state index contributed by atoms with van der Waals surface area (Å²) in [6, 6.07) is 2.56. The standard InChI is InChI=1S/C16H23N7.2ClH/c1-18-11-5-6-23(8-11)14-7-13(19-16(17)20-14)12-9-22(2)21-15(12)10-3-4-10;;/h7,9-11,18H,3-6,8H2,1-2H3,(H2,17,19,20);2*1H/t11-;;/m1../s1. The minimum atomic E-state index is 0. The van der Waals surface area contributed by atoms with Crippen LogP contribution in [-0.2, 0) is 7.05 Å². The number of hydrogen-bond donors (Lipinski definition) is 2. The maximum absolute atomic E-state index is 5.99. The SMILES string of the molecule is CN[C@@H]1CCN(c2cc(-c3cn(C)nc3C3CC3)nc(N)n2)C1.Cl.Cl. The van der Waals surface area contributed by atoms with Crippen LogP contribution < -0.4 is 16.0 Å². The van der Waals surface area contributed by atoms with Gasteiger partial charge in [-0.1, -0.05) is 0 Å². The van der Waals surface area contributed by atoms with Gasteiger partial charge in [-0.05, 0) is 26.3 Å². The molecule has 0 bridgehead atoms. The number of aromatic nitrogens is 4. The fourth-order valence-corrected chi connectivity index (χ4v) is 3.32. The van der Waals surface area contributed by atoms with Crippen LogP contribution in [0.4, 0.5) is 11.8 Å². The van der Waals surface area contributed by atoms with Gasteiger partial charge in [0.1, 0.15) is 5.82 Å². The molecule has 2 aliphatic rings. The van der Waals surface area contributed by atoms with Gasteiger partial charge in [-0.3, -0.25) is 4.68 Å². The van der Waals surface area contributed by atoms with Crippen molar-refractivity contribution in [2.75, 3.05) is 30.8 Å².